The first kappa shape index (κ1) is 20.0. The van der Waals surface area contributed by atoms with Gasteiger partial charge in [0, 0.05) is 21.8 Å². The Kier molecular flexibility index (Phi) is 5.45. The molecule has 1 N–H and O–H groups in total. The third-order valence-electron chi connectivity index (χ3n) is 6.35. The summed E-state index contributed by atoms with van der Waals surface area (Å²) in [5.74, 6) is 0.472. The molecule has 1 aromatic heterocycles. The van der Waals surface area contributed by atoms with E-state index in [-0.39, 0.29) is 17.9 Å². The van der Waals surface area contributed by atoms with Gasteiger partial charge in [-0.25, -0.2) is 0 Å². The van der Waals surface area contributed by atoms with Gasteiger partial charge in [-0.2, -0.15) is 0 Å². The molecule has 0 bridgehead atoms. The maximum Gasteiger partial charge on any atom is 0.330 e. The second-order valence-corrected chi connectivity index (χ2v) is 9.54. The second kappa shape index (κ2) is 7.35. The molecule has 0 saturated heterocycles. The van der Waals surface area contributed by atoms with Gasteiger partial charge in [0.2, 0.25) is 0 Å². The highest BCUT2D eigenvalue weighted by Crippen LogP contribution is 2.36. The van der Waals surface area contributed by atoms with Crippen LogP contribution in [0.2, 0.25) is 5.82 Å². The van der Waals surface area contributed by atoms with Crippen LogP contribution in [0.3, 0.4) is 0 Å². The fourth-order valence-electron chi connectivity index (χ4n) is 3.66. The maximum absolute atomic E-state index is 6.83. The van der Waals surface area contributed by atoms with Gasteiger partial charge in [0.15, 0.2) is 0 Å². The Labute approximate surface area is 164 Å². The van der Waals surface area contributed by atoms with Crippen molar-refractivity contribution >= 4 is 34.2 Å². The predicted octanol–water partition coefficient (Wildman–Crippen LogP) is 6.55. The molecule has 1 atom stereocenters. The van der Waals surface area contributed by atoms with Crippen molar-refractivity contribution in [3.63, 3.8) is 0 Å². The smallest absolute Gasteiger partial charge is 0.330 e. The van der Waals surface area contributed by atoms with Crippen molar-refractivity contribution in [3.8, 4) is 0 Å². The minimum Gasteiger partial charge on any atom is -0.425 e. The molecule has 2 aromatic carbocycles. The van der Waals surface area contributed by atoms with Crippen LogP contribution in [0.5, 0.6) is 0 Å². The molecule has 1 heterocycles. The summed E-state index contributed by atoms with van der Waals surface area (Å²) in [5.41, 5.74) is 3.53. The quantitative estimate of drug-likeness (QED) is 0.494. The van der Waals surface area contributed by atoms with Crippen LogP contribution in [0.4, 0.5) is 0 Å². The SMILES string of the molecule is CCCC(C)B(OC(C)(C)C(C)(C)C)c1ccc2[nH]c3ccccc3c2c1. The number of para-hydroxylation sites is 1. The van der Waals surface area contributed by atoms with Crippen molar-refractivity contribution < 1.29 is 4.65 Å². The highest BCUT2D eigenvalue weighted by molar-refractivity contribution is 6.69. The van der Waals surface area contributed by atoms with Crippen LogP contribution in [0.1, 0.15) is 61.3 Å². The number of nitrogens with one attached hydrogen (secondary N) is 1. The van der Waals surface area contributed by atoms with E-state index in [0.29, 0.717) is 5.82 Å². The monoisotopic (exact) mass is 363 g/mol. The highest BCUT2D eigenvalue weighted by Gasteiger charge is 2.39. The van der Waals surface area contributed by atoms with Gasteiger partial charge in [-0.1, -0.05) is 77.8 Å². The van der Waals surface area contributed by atoms with Crippen LogP contribution < -0.4 is 5.46 Å². The number of H-pyrrole nitrogens is 1. The van der Waals surface area contributed by atoms with Crippen molar-refractivity contribution in [3.05, 3.63) is 42.5 Å². The Morgan fingerprint density at radius 3 is 2.30 bits per heavy atom. The molecule has 0 fully saturated rings. The number of hydrogen-bond donors (Lipinski definition) is 1. The first-order chi connectivity index (χ1) is 12.6. The molecule has 3 aromatic rings. The summed E-state index contributed by atoms with van der Waals surface area (Å²) >= 11 is 0. The molecule has 0 radical (unpaired) electrons. The zero-order valence-electron chi connectivity index (χ0n) is 18.0. The van der Waals surface area contributed by atoms with Crippen molar-refractivity contribution in [2.75, 3.05) is 0 Å². The Bertz CT molecular complexity index is 919. The molecule has 0 aliphatic heterocycles. The fraction of sp³-hybridized carbons (Fsp3) is 0.500. The average molecular weight is 363 g/mol. The van der Waals surface area contributed by atoms with Crippen LogP contribution in [0, 0.1) is 5.41 Å². The maximum atomic E-state index is 6.83. The first-order valence-electron chi connectivity index (χ1n) is 10.3. The number of fused-ring (bicyclic) bond motifs is 3. The molecule has 3 rings (SSSR count). The molecule has 0 aliphatic carbocycles. The lowest BCUT2D eigenvalue weighted by atomic mass is 9.49. The molecular weight excluding hydrogens is 329 g/mol. The number of benzene rings is 2. The summed E-state index contributed by atoms with van der Waals surface area (Å²) in [4.78, 5) is 3.53. The van der Waals surface area contributed by atoms with E-state index < -0.39 is 0 Å². The zero-order valence-corrected chi connectivity index (χ0v) is 18.0. The molecule has 0 saturated carbocycles. The van der Waals surface area contributed by atoms with Crippen LogP contribution in [0.25, 0.3) is 21.8 Å². The van der Waals surface area contributed by atoms with E-state index in [1.54, 1.807) is 0 Å². The molecule has 2 nitrogen and oxygen atoms in total. The summed E-state index contributed by atoms with van der Waals surface area (Å²) in [6.45, 7) is 15.9. The highest BCUT2D eigenvalue weighted by atomic mass is 16.5. The van der Waals surface area contributed by atoms with Crippen LogP contribution in [-0.2, 0) is 4.65 Å². The van der Waals surface area contributed by atoms with Gasteiger partial charge in [0.1, 0.15) is 0 Å². The van der Waals surface area contributed by atoms with Crippen LogP contribution >= 0.6 is 0 Å². The van der Waals surface area contributed by atoms with Gasteiger partial charge in [0.25, 0.3) is 0 Å². The van der Waals surface area contributed by atoms with Crippen LogP contribution in [-0.4, -0.2) is 17.5 Å². The van der Waals surface area contributed by atoms with Crippen molar-refractivity contribution in [1.29, 1.82) is 0 Å². The number of rotatable bonds is 6. The lowest BCUT2D eigenvalue weighted by molar-refractivity contribution is -0.00211. The molecule has 3 heteroatoms. The van der Waals surface area contributed by atoms with Gasteiger partial charge in [-0.05, 0) is 42.7 Å². The number of hydrogen-bond acceptors (Lipinski definition) is 1. The van der Waals surface area contributed by atoms with E-state index in [1.165, 1.54) is 33.7 Å². The third kappa shape index (κ3) is 3.94. The summed E-state index contributed by atoms with van der Waals surface area (Å²) in [6.07, 6.45) is 2.34. The summed E-state index contributed by atoms with van der Waals surface area (Å²) in [5, 5.41) is 2.57. The van der Waals surface area contributed by atoms with Gasteiger partial charge in [-0.15, -0.1) is 0 Å². The second-order valence-electron chi connectivity index (χ2n) is 9.54. The summed E-state index contributed by atoms with van der Waals surface area (Å²) in [7, 11) is 0. The van der Waals surface area contributed by atoms with E-state index in [4.69, 9.17) is 4.65 Å². The topological polar surface area (TPSA) is 25.0 Å². The largest absolute Gasteiger partial charge is 0.425 e. The fourth-order valence-corrected chi connectivity index (χ4v) is 3.66. The molecule has 0 amide bonds. The Balaban J connectivity index is 2.07. The molecule has 144 valence electrons. The van der Waals surface area contributed by atoms with Gasteiger partial charge >= 0.3 is 6.92 Å². The van der Waals surface area contributed by atoms with E-state index in [2.05, 4.69) is 95.9 Å². The summed E-state index contributed by atoms with van der Waals surface area (Å²) < 4.78 is 6.83. The Hall–Kier alpha value is -1.74. The molecule has 27 heavy (non-hydrogen) atoms. The van der Waals surface area contributed by atoms with Gasteiger partial charge in [0.05, 0.1) is 5.60 Å². The average Bonchev–Trinajstić information content (AvgIpc) is 2.96. The minimum absolute atomic E-state index is 0.0715. The Morgan fingerprint density at radius 1 is 0.963 bits per heavy atom. The standard InChI is InChI=1S/C24H34BNO/c1-8-11-17(2)25(27-24(6,7)23(3,4)5)18-14-15-22-20(16-18)19-12-9-10-13-21(19)26-22/h9-10,12-17,26H,8,11H2,1-7H3. The van der Waals surface area contributed by atoms with Crippen molar-refractivity contribution in [2.24, 2.45) is 5.41 Å². The predicted molar refractivity (Wildman–Crippen MR) is 120 cm³/mol. The van der Waals surface area contributed by atoms with Gasteiger partial charge < -0.3 is 9.64 Å². The normalized spacial score (nSPS) is 14.0. The molecular formula is C24H34BNO. The molecule has 0 spiro atoms. The van der Waals surface area contributed by atoms with Gasteiger partial charge in [-0.3, -0.25) is 0 Å². The van der Waals surface area contributed by atoms with E-state index >= 15 is 0 Å². The Morgan fingerprint density at radius 2 is 1.63 bits per heavy atom. The lowest BCUT2D eigenvalue weighted by Gasteiger charge is -2.42. The summed E-state index contributed by atoms with van der Waals surface area (Å²) in [6, 6.07) is 15.3. The van der Waals surface area contributed by atoms with Crippen molar-refractivity contribution in [1.82, 2.24) is 4.98 Å². The molecule has 1 unspecified atom stereocenters. The molecule has 0 aliphatic rings. The third-order valence-corrected chi connectivity index (χ3v) is 6.35. The number of aromatic nitrogens is 1. The first-order valence-corrected chi connectivity index (χ1v) is 10.3. The van der Waals surface area contributed by atoms with E-state index in [0.717, 1.165) is 6.42 Å². The minimum atomic E-state index is -0.213. The van der Waals surface area contributed by atoms with Crippen molar-refractivity contribution in [2.45, 2.75) is 72.7 Å². The zero-order chi connectivity index (χ0) is 19.8. The number of aromatic amines is 1. The van der Waals surface area contributed by atoms with E-state index in [1.807, 2.05) is 0 Å². The van der Waals surface area contributed by atoms with Crippen LogP contribution in [0.15, 0.2) is 42.5 Å². The lowest BCUT2D eigenvalue weighted by Crippen LogP contribution is -2.49. The van der Waals surface area contributed by atoms with E-state index in [9.17, 15) is 0 Å².